The van der Waals surface area contributed by atoms with Crippen molar-refractivity contribution in [2.75, 3.05) is 16.4 Å². The summed E-state index contributed by atoms with van der Waals surface area (Å²) in [5.41, 5.74) is -0.165. The van der Waals surface area contributed by atoms with Crippen LogP contribution in [0.4, 0.5) is 24.5 Å². The Labute approximate surface area is 209 Å². The van der Waals surface area contributed by atoms with Gasteiger partial charge in [0.05, 0.1) is 27.6 Å². The zero-order chi connectivity index (χ0) is 23.6. The summed E-state index contributed by atoms with van der Waals surface area (Å²) in [6.45, 7) is 2.35. The number of rotatable bonds is 6. The lowest BCUT2D eigenvalue weighted by atomic mass is 10.1. The van der Waals surface area contributed by atoms with Crippen LogP contribution < -0.4 is 16.0 Å². The molecule has 4 N–H and O–H groups in total. The molecule has 16 heteroatoms. The number of alkyl halides is 3. The number of carbonyl (C=O) groups is 3. The van der Waals surface area contributed by atoms with Crippen molar-refractivity contribution >= 4 is 107 Å². The number of amides is 3. The van der Waals surface area contributed by atoms with Gasteiger partial charge in [-0.2, -0.15) is 21.6 Å². The van der Waals surface area contributed by atoms with E-state index in [1.807, 2.05) is 0 Å². The number of halogens is 6. The Morgan fingerprint density at radius 3 is 1.67 bits per heavy atom. The normalized spacial score (nSPS) is 12.8. The fraction of sp³-hybridized carbons (Fsp3) is 0.357. The molecule has 0 aliphatic heterocycles. The van der Waals surface area contributed by atoms with Crippen LogP contribution in [0.2, 0.25) is 0 Å². The van der Waals surface area contributed by atoms with Gasteiger partial charge in [0, 0.05) is 13.8 Å². The third-order valence-electron chi connectivity index (χ3n) is 3.22. The highest BCUT2D eigenvalue weighted by atomic mass is 127. The van der Waals surface area contributed by atoms with E-state index in [2.05, 4.69) is 10.6 Å². The van der Waals surface area contributed by atoms with Crippen molar-refractivity contribution in [2.24, 2.45) is 0 Å². The van der Waals surface area contributed by atoms with E-state index in [0.29, 0.717) is 3.57 Å². The van der Waals surface area contributed by atoms with Gasteiger partial charge in [0.25, 0.3) is 16.0 Å². The highest BCUT2D eigenvalue weighted by Crippen LogP contribution is 2.39. The predicted molar refractivity (Wildman–Crippen MR) is 127 cm³/mol. The fourth-order valence-electron chi connectivity index (χ4n) is 2.09. The minimum absolute atomic E-state index is 0.0657. The third kappa shape index (κ3) is 7.58. The molecule has 3 amide bonds. The van der Waals surface area contributed by atoms with Crippen LogP contribution in [0.5, 0.6) is 0 Å². The number of anilines is 2. The van der Waals surface area contributed by atoms with Crippen LogP contribution in [0.1, 0.15) is 24.2 Å². The first-order valence-corrected chi connectivity index (χ1v) is 12.4. The Kier molecular flexibility index (Phi) is 9.57. The molecule has 0 fully saturated rings. The molecule has 30 heavy (non-hydrogen) atoms. The van der Waals surface area contributed by atoms with Crippen LogP contribution in [-0.2, 0) is 19.7 Å². The van der Waals surface area contributed by atoms with E-state index in [1.165, 1.54) is 13.8 Å². The highest BCUT2D eigenvalue weighted by Gasteiger charge is 2.44. The Morgan fingerprint density at radius 1 is 0.967 bits per heavy atom. The molecule has 0 radical (unpaired) electrons. The van der Waals surface area contributed by atoms with E-state index in [-0.39, 0.29) is 24.1 Å². The molecule has 1 rings (SSSR count). The Hall–Kier alpha value is -0.480. The number of hydrogen-bond acceptors (Lipinski definition) is 5. The summed E-state index contributed by atoms with van der Waals surface area (Å²) in [4.78, 5) is 35.8. The van der Waals surface area contributed by atoms with Crippen molar-refractivity contribution in [1.82, 2.24) is 5.32 Å². The molecule has 0 bridgehead atoms. The van der Waals surface area contributed by atoms with E-state index in [9.17, 15) is 36.0 Å². The summed E-state index contributed by atoms with van der Waals surface area (Å²) >= 11 is 5.07. The summed E-state index contributed by atoms with van der Waals surface area (Å²) in [5.74, 6) is -4.17. The molecule has 0 heterocycles. The number of carbonyl (C=O) groups excluding carboxylic acids is 3. The minimum atomic E-state index is -5.17. The summed E-state index contributed by atoms with van der Waals surface area (Å²) in [6.07, 6.45) is -5.17. The maximum Gasteiger partial charge on any atom is 0.409 e. The van der Waals surface area contributed by atoms with Gasteiger partial charge in [0.1, 0.15) is 11.8 Å². The fourth-order valence-corrected chi connectivity index (χ4v) is 6.98. The zero-order valence-electron chi connectivity index (χ0n) is 14.9. The molecule has 1 aromatic rings. The van der Waals surface area contributed by atoms with Gasteiger partial charge in [-0.15, -0.1) is 0 Å². The van der Waals surface area contributed by atoms with Gasteiger partial charge < -0.3 is 16.0 Å². The molecule has 1 unspecified atom stereocenters. The second-order valence-electron chi connectivity index (χ2n) is 5.75. The van der Waals surface area contributed by atoms with Crippen LogP contribution in [0.15, 0.2) is 0 Å². The van der Waals surface area contributed by atoms with E-state index in [0.717, 1.165) is 0 Å². The van der Waals surface area contributed by atoms with Crippen molar-refractivity contribution in [3.05, 3.63) is 16.3 Å². The molecule has 168 valence electrons. The lowest BCUT2D eigenvalue weighted by molar-refractivity contribution is -0.148. The van der Waals surface area contributed by atoms with Crippen LogP contribution in [-0.4, -0.2) is 48.7 Å². The molecular weight excluding hydrogens is 776 g/mol. The van der Waals surface area contributed by atoms with Crippen LogP contribution in [0.3, 0.4) is 0 Å². The van der Waals surface area contributed by atoms with Gasteiger partial charge in [-0.05, 0) is 67.8 Å². The predicted octanol–water partition coefficient (Wildman–Crippen LogP) is 2.97. The number of benzene rings is 1. The van der Waals surface area contributed by atoms with Gasteiger partial charge >= 0.3 is 6.18 Å². The topological polar surface area (TPSA) is 142 Å². The first-order valence-electron chi connectivity index (χ1n) is 7.54. The van der Waals surface area contributed by atoms with Gasteiger partial charge in [-0.3, -0.25) is 18.9 Å². The lowest BCUT2D eigenvalue weighted by Gasteiger charge is -2.23. The average molecular weight is 789 g/mol. The van der Waals surface area contributed by atoms with Crippen LogP contribution in [0, 0.1) is 10.7 Å². The smallest absolute Gasteiger partial charge is 0.339 e. The molecular formula is C14H13F3I3N3O6S. The molecule has 1 atom stereocenters. The monoisotopic (exact) mass is 789 g/mol. The third-order valence-corrected chi connectivity index (χ3v) is 7.21. The quantitative estimate of drug-likeness (QED) is 0.258. The molecule has 0 aromatic heterocycles. The van der Waals surface area contributed by atoms with E-state index < -0.39 is 45.8 Å². The van der Waals surface area contributed by atoms with Crippen LogP contribution >= 0.6 is 67.8 Å². The second-order valence-corrected chi connectivity index (χ2v) is 10.5. The van der Waals surface area contributed by atoms with Crippen molar-refractivity contribution in [3.8, 4) is 0 Å². The van der Waals surface area contributed by atoms with Gasteiger partial charge in [0.15, 0.2) is 0 Å². The second kappa shape index (κ2) is 10.4. The summed E-state index contributed by atoms with van der Waals surface area (Å²) in [6, 6.07) is -2.89. The molecule has 0 saturated heterocycles. The van der Waals surface area contributed by atoms with Gasteiger partial charge in [0.2, 0.25) is 11.8 Å². The molecule has 0 spiro atoms. The summed E-state index contributed by atoms with van der Waals surface area (Å²) in [5, 5.41) is 6.46. The van der Waals surface area contributed by atoms with E-state index in [1.54, 1.807) is 73.1 Å². The van der Waals surface area contributed by atoms with E-state index in [4.69, 9.17) is 4.55 Å². The first kappa shape index (κ1) is 27.6. The van der Waals surface area contributed by atoms with Gasteiger partial charge in [-0.25, -0.2) is 0 Å². The molecule has 1 aromatic carbocycles. The Morgan fingerprint density at radius 2 is 1.37 bits per heavy atom. The summed E-state index contributed by atoms with van der Waals surface area (Å²) in [7, 11) is -5.06. The summed E-state index contributed by atoms with van der Waals surface area (Å²) < 4.78 is 70.7. The van der Waals surface area contributed by atoms with Crippen molar-refractivity contribution in [2.45, 2.75) is 26.1 Å². The van der Waals surface area contributed by atoms with Crippen molar-refractivity contribution < 1.29 is 40.5 Å². The standard InChI is InChI=1S/C14H13F3I3N3O6S/c1-4(24)21-11-8(18)7(9(19)12(10(11)20)22-5(2)25)13(26)23-6(14(15,16)17)3-30(27,28)29/h6H,3H2,1-2H3,(H,21,24)(H,22,25)(H,23,26)(H,27,28,29). The Bertz CT molecular complexity index is 958. The SMILES string of the molecule is CC(=O)Nc1c(I)c(NC(C)=O)c(I)c(C(=O)NC(CS(=O)(=O)O)C(F)(F)F)c1I. The largest absolute Gasteiger partial charge is 0.409 e. The van der Waals surface area contributed by atoms with Crippen molar-refractivity contribution in [1.29, 1.82) is 0 Å². The average Bonchev–Trinajstić information content (AvgIpc) is 2.52. The minimum Gasteiger partial charge on any atom is -0.339 e. The zero-order valence-corrected chi connectivity index (χ0v) is 22.2. The maximum atomic E-state index is 13.2. The first-order chi connectivity index (χ1) is 13.5. The number of hydrogen-bond donors (Lipinski definition) is 4. The molecule has 0 saturated carbocycles. The number of nitrogens with one attached hydrogen (secondary N) is 3. The van der Waals surface area contributed by atoms with Gasteiger partial charge in [-0.1, -0.05) is 0 Å². The Balaban J connectivity index is 3.62. The highest BCUT2D eigenvalue weighted by molar-refractivity contribution is 14.1. The van der Waals surface area contributed by atoms with E-state index >= 15 is 0 Å². The van der Waals surface area contributed by atoms with Crippen molar-refractivity contribution in [3.63, 3.8) is 0 Å². The molecule has 9 nitrogen and oxygen atoms in total. The molecule has 0 aliphatic carbocycles. The lowest BCUT2D eigenvalue weighted by Crippen LogP contribution is -2.49. The maximum absolute atomic E-state index is 13.2. The van der Waals surface area contributed by atoms with Crippen LogP contribution in [0.25, 0.3) is 0 Å². The molecule has 0 aliphatic rings.